The molecular weight excluding hydrogens is 166 g/mol. The van der Waals surface area contributed by atoms with Crippen molar-refractivity contribution in [3.05, 3.63) is 34.5 Å². The summed E-state index contributed by atoms with van der Waals surface area (Å²) < 4.78 is 1.32. The van der Waals surface area contributed by atoms with Crippen molar-refractivity contribution in [2.45, 2.75) is 6.92 Å². The van der Waals surface area contributed by atoms with Crippen LogP contribution >= 0.6 is 0 Å². The molecule has 2 rings (SSSR count). The number of nitrogens with zero attached hydrogens (tertiary/aromatic N) is 3. The molecule has 0 radical (unpaired) electrons. The average molecular weight is 175 g/mol. The normalized spacial score (nSPS) is 10.6. The Bertz CT molecular complexity index is 516. The van der Waals surface area contributed by atoms with Crippen LogP contribution in [0.3, 0.4) is 0 Å². The van der Waals surface area contributed by atoms with Crippen LogP contribution in [0.15, 0.2) is 23.3 Å². The van der Waals surface area contributed by atoms with Gasteiger partial charge < -0.3 is 0 Å². The topological polar surface area (TPSA) is 47.8 Å². The molecule has 0 saturated carbocycles. The highest BCUT2D eigenvalue weighted by molar-refractivity contribution is 5.82. The van der Waals surface area contributed by atoms with Crippen LogP contribution < -0.4 is 5.56 Å². The van der Waals surface area contributed by atoms with Gasteiger partial charge in [0, 0.05) is 18.6 Å². The van der Waals surface area contributed by atoms with Crippen LogP contribution in [0.4, 0.5) is 0 Å². The van der Waals surface area contributed by atoms with Gasteiger partial charge in [-0.25, -0.2) is 4.68 Å². The fourth-order valence-electron chi connectivity index (χ4n) is 1.33. The summed E-state index contributed by atoms with van der Waals surface area (Å²) in [6.45, 7) is 1.82. The van der Waals surface area contributed by atoms with E-state index in [0.717, 1.165) is 11.1 Å². The van der Waals surface area contributed by atoms with Crippen LogP contribution in [0.2, 0.25) is 0 Å². The molecule has 0 atom stereocenters. The van der Waals surface area contributed by atoms with Crippen molar-refractivity contribution in [3.8, 4) is 0 Å². The zero-order valence-corrected chi connectivity index (χ0v) is 7.48. The van der Waals surface area contributed by atoms with Crippen molar-refractivity contribution >= 4 is 10.8 Å². The third-order valence-electron chi connectivity index (χ3n) is 2.05. The van der Waals surface area contributed by atoms with Gasteiger partial charge >= 0.3 is 0 Å². The largest absolute Gasteiger partial charge is 0.276 e. The molecule has 0 amide bonds. The van der Waals surface area contributed by atoms with Gasteiger partial charge in [0.25, 0.3) is 5.56 Å². The van der Waals surface area contributed by atoms with E-state index in [9.17, 15) is 4.79 Å². The van der Waals surface area contributed by atoms with E-state index in [4.69, 9.17) is 0 Å². The Kier molecular flexibility index (Phi) is 1.62. The van der Waals surface area contributed by atoms with E-state index in [1.807, 2.05) is 6.92 Å². The van der Waals surface area contributed by atoms with Gasteiger partial charge in [0.05, 0.1) is 17.3 Å². The molecule has 0 aliphatic carbocycles. The van der Waals surface area contributed by atoms with Gasteiger partial charge in [0.2, 0.25) is 0 Å². The second-order valence-electron chi connectivity index (χ2n) is 2.93. The van der Waals surface area contributed by atoms with E-state index in [0.29, 0.717) is 5.39 Å². The fourth-order valence-corrected chi connectivity index (χ4v) is 1.33. The maximum atomic E-state index is 11.6. The fraction of sp³-hybridized carbons (Fsp3) is 0.222. The number of pyridine rings is 1. The van der Waals surface area contributed by atoms with Gasteiger partial charge in [-0.3, -0.25) is 9.78 Å². The summed E-state index contributed by atoms with van der Waals surface area (Å²) in [5.74, 6) is 0. The van der Waals surface area contributed by atoms with E-state index in [1.165, 1.54) is 4.68 Å². The lowest BCUT2D eigenvalue weighted by Crippen LogP contribution is -2.19. The van der Waals surface area contributed by atoms with Gasteiger partial charge in [0.1, 0.15) is 0 Å². The number of fused-ring (bicyclic) bond motifs is 1. The SMILES string of the molecule is Cc1nccc2cnn(C)c(=O)c12. The first-order chi connectivity index (χ1) is 6.20. The second-order valence-corrected chi connectivity index (χ2v) is 2.93. The van der Waals surface area contributed by atoms with Crippen LogP contribution in [0.1, 0.15) is 5.69 Å². The summed E-state index contributed by atoms with van der Waals surface area (Å²) in [5, 5.41) is 5.42. The Balaban J connectivity index is 3.06. The zero-order valence-electron chi connectivity index (χ0n) is 7.48. The molecule has 2 aromatic heterocycles. The van der Waals surface area contributed by atoms with E-state index < -0.39 is 0 Å². The van der Waals surface area contributed by atoms with Crippen LogP contribution in [0.25, 0.3) is 10.8 Å². The van der Waals surface area contributed by atoms with Crippen LogP contribution in [-0.4, -0.2) is 14.8 Å². The number of hydrogen-bond acceptors (Lipinski definition) is 3. The van der Waals surface area contributed by atoms with Crippen molar-refractivity contribution in [2.75, 3.05) is 0 Å². The summed E-state index contributed by atoms with van der Waals surface area (Å²) >= 11 is 0. The summed E-state index contributed by atoms with van der Waals surface area (Å²) in [5.41, 5.74) is 0.656. The Morgan fingerprint density at radius 1 is 1.46 bits per heavy atom. The summed E-state index contributed by atoms with van der Waals surface area (Å²) in [7, 11) is 1.63. The standard InChI is InChI=1S/C9H9N3O/c1-6-8-7(3-4-10-6)5-11-12(2)9(8)13/h3-5H,1-2H3. The van der Waals surface area contributed by atoms with Gasteiger partial charge in [-0.1, -0.05) is 0 Å². The molecule has 0 aromatic carbocycles. The van der Waals surface area contributed by atoms with Crippen molar-refractivity contribution in [3.63, 3.8) is 0 Å². The second kappa shape index (κ2) is 2.65. The predicted molar refractivity (Wildman–Crippen MR) is 49.5 cm³/mol. The highest BCUT2D eigenvalue weighted by Gasteiger charge is 2.03. The highest BCUT2D eigenvalue weighted by Crippen LogP contribution is 2.08. The van der Waals surface area contributed by atoms with Crippen molar-refractivity contribution < 1.29 is 0 Å². The first-order valence-electron chi connectivity index (χ1n) is 3.98. The lowest BCUT2D eigenvalue weighted by molar-refractivity contribution is 0.717. The monoisotopic (exact) mass is 175 g/mol. The Morgan fingerprint density at radius 3 is 3.00 bits per heavy atom. The molecule has 2 heterocycles. The molecule has 4 heteroatoms. The molecule has 13 heavy (non-hydrogen) atoms. The quantitative estimate of drug-likeness (QED) is 0.590. The third-order valence-corrected chi connectivity index (χ3v) is 2.05. The first-order valence-corrected chi connectivity index (χ1v) is 3.98. The molecular formula is C9H9N3O. The molecule has 0 aliphatic heterocycles. The van der Waals surface area contributed by atoms with Gasteiger partial charge in [-0.15, -0.1) is 0 Å². The lowest BCUT2D eigenvalue weighted by atomic mass is 10.2. The predicted octanol–water partition coefficient (Wildman–Crippen LogP) is 0.637. The zero-order chi connectivity index (χ0) is 9.42. The summed E-state index contributed by atoms with van der Waals surface area (Å²) in [4.78, 5) is 15.7. The lowest BCUT2D eigenvalue weighted by Gasteiger charge is -2.01. The first kappa shape index (κ1) is 7.91. The Labute approximate surface area is 74.8 Å². The molecule has 0 saturated heterocycles. The molecule has 0 aliphatic rings. The van der Waals surface area contributed by atoms with Crippen molar-refractivity contribution in [2.24, 2.45) is 7.05 Å². The Morgan fingerprint density at radius 2 is 2.23 bits per heavy atom. The maximum absolute atomic E-state index is 11.6. The molecule has 0 bridgehead atoms. The maximum Gasteiger partial charge on any atom is 0.276 e. The number of hydrogen-bond donors (Lipinski definition) is 0. The minimum absolute atomic E-state index is 0.0944. The van der Waals surface area contributed by atoms with Crippen molar-refractivity contribution in [1.82, 2.24) is 14.8 Å². The molecule has 0 unspecified atom stereocenters. The van der Waals surface area contributed by atoms with Crippen molar-refractivity contribution in [1.29, 1.82) is 0 Å². The number of rotatable bonds is 0. The average Bonchev–Trinajstić information content (AvgIpc) is 2.12. The highest BCUT2D eigenvalue weighted by atomic mass is 16.1. The molecule has 0 spiro atoms. The number of aryl methyl sites for hydroxylation is 2. The third kappa shape index (κ3) is 1.11. The van der Waals surface area contributed by atoms with Crippen LogP contribution in [0.5, 0.6) is 0 Å². The number of aromatic nitrogens is 3. The molecule has 0 N–H and O–H groups in total. The Hall–Kier alpha value is -1.71. The summed E-state index contributed by atoms with van der Waals surface area (Å²) in [6.07, 6.45) is 3.35. The molecule has 0 fully saturated rings. The van der Waals surface area contributed by atoms with Gasteiger partial charge in [-0.05, 0) is 13.0 Å². The molecule has 2 aromatic rings. The molecule has 66 valence electrons. The van der Waals surface area contributed by atoms with E-state index >= 15 is 0 Å². The van der Waals surface area contributed by atoms with E-state index in [-0.39, 0.29) is 5.56 Å². The molecule has 4 nitrogen and oxygen atoms in total. The van der Waals surface area contributed by atoms with E-state index in [2.05, 4.69) is 10.1 Å². The van der Waals surface area contributed by atoms with E-state index in [1.54, 1.807) is 25.5 Å². The minimum Gasteiger partial charge on any atom is -0.267 e. The van der Waals surface area contributed by atoms with Crippen LogP contribution in [-0.2, 0) is 7.05 Å². The minimum atomic E-state index is -0.0944. The van der Waals surface area contributed by atoms with Crippen LogP contribution in [0, 0.1) is 6.92 Å². The van der Waals surface area contributed by atoms with Gasteiger partial charge in [-0.2, -0.15) is 5.10 Å². The summed E-state index contributed by atoms with van der Waals surface area (Å²) in [6, 6.07) is 1.79. The van der Waals surface area contributed by atoms with Gasteiger partial charge in [0.15, 0.2) is 0 Å². The smallest absolute Gasteiger partial charge is 0.267 e.